The van der Waals surface area contributed by atoms with Gasteiger partial charge in [-0.3, -0.25) is 10.1 Å². The zero-order chi connectivity index (χ0) is 15.2. The van der Waals surface area contributed by atoms with Crippen molar-refractivity contribution in [3.05, 3.63) is 52.6 Å². The first-order chi connectivity index (χ1) is 10.1. The summed E-state index contributed by atoms with van der Waals surface area (Å²) in [6.45, 7) is 1.06. The Hall–Kier alpha value is -2.51. The molecule has 112 valence electrons. The molecule has 0 fully saturated rings. The number of unbranched alkanes of at least 4 members (excludes halogenated alkanes) is 1. The van der Waals surface area contributed by atoms with Crippen LogP contribution >= 0.6 is 0 Å². The van der Waals surface area contributed by atoms with E-state index in [4.69, 9.17) is 0 Å². The Labute approximate surface area is 119 Å². The van der Waals surface area contributed by atoms with Gasteiger partial charge in [0.1, 0.15) is 0 Å². The number of aryl methyl sites for hydroxylation is 1. The highest BCUT2D eigenvalue weighted by molar-refractivity contribution is 5.62. The summed E-state index contributed by atoms with van der Waals surface area (Å²) >= 11 is 0. The number of hydrogen-bond acceptors (Lipinski definition) is 4. The van der Waals surface area contributed by atoms with Crippen molar-refractivity contribution in [1.82, 2.24) is 9.55 Å². The molecule has 0 amide bonds. The zero-order valence-electron chi connectivity index (χ0n) is 11.1. The van der Waals surface area contributed by atoms with Crippen LogP contribution < -0.4 is 5.32 Å². The molecule has 0 bridgehead atoms. The Morgan fingerprint density at radius 3 is 2.81 bits per heavy atom. The van der Waals surface area contributed by atoms with Gasteiger partial charge >= 0.3 is 0 Å². The van der Waals surface area contributed by atoms with E-state index in [1.54, 1.807) is 12.5 Å². The predicted octanol–water partition coefficient (Wildman–Crippen LogP) is 2.96. The molecule has 1 aromatic carbocycles. The fourth-order valence-corrected chi connectivity index (χ4v) is 1.91. The van der Waals surface area contributed by atoms with Crippen LogP contribution in [-0.4, -0.2) is 21.0 Å². The predicted molar refractivity (Wildman–Crippen MR) is 73.0 cm³/mol. The monoisotopic (exact) mass is 296 g/mol. The van der Waals surface area contributed by atoms with E-state index >= 15 is 0 Å². The van der Waals surface area contributed by atoms with Crippen molar-refractivity contribution in [3.8, 4) is 0 Å². The van der Waals surface area contributed by atoms with Crippen molar-refractivity contribution >= 4 is 11.4 Å². The highest BCUT2D eigenvalue weighted by Crippen LogP contribution is 2.28. The number of nitro groups is 1. The van der Waals surface area contributed by atoms with E-state index in [9.17, 15) is 18.9 Å². The smallest absolute Gasteiger partial charge is 0.295 e. The molecule has 1 aromatic heterocycles. The van der Waals surface area contributed by atoms with Crippen LogP contribution in [0, 0.1) is 21.7 Å². The molecule has 1 heterocycles. The lowest BCUT2D eigenvalue weighted by molar-refractivity contribution is -0.384. The van der Waals surface area contributed by atoms with Crippen molar-refractivity contribution in [1.29, 1.82) is 0 Å². The Kier molecular flexibility index (Phi) is 4.81. The number of nitro benzene ring substituents is 1. The second kappa shape index (κ2) is 6.78. The van der Waals surface area contributed by atoms with Gasteiger partial charge in [0, 0.05) is 31.5 Å². The van der Waals surface area contributed by atoms with Gasteiger partial charge in [0.15, 0.2) is 17.3 Å². The van der Waals surface area contributed by atoms with Gasteiger partial charge in [0.25, 0.3) is 5.69 Å². The number of benzene rings is 1. The highest BCUT2D eigenvalue weighted by Gasteiger charge is 2.20. The number of nitrogens with one attached hydrogen (secondary N) is 1. The van der Waals surface area contributed by atoms with Crippen LogP contribution in [0.2, 0.25) is 0 Å². The number of nitrogens with zero attached hydrogens (tertiary/aromatic N) is 3. The van der Waals surface area contributed by atoms with Crippen molar-refractivity contribution in [3.63, 3.8) is 0 Å². The molecule has 0 aliphatic carbocycles. The van der Waals surface area contributed by atoms with E-state index in [1.807, 2.05) is 10.8 Å². The molecule has 0 saturated heterocycles. The minimum absolute atomic E-state index is 0.315. The fraction of sp³-hybridized carbons (Fsp3) is 0.308. The molecule has 0 aliphatic heterocycles. The van der Waals surface area contributed by atoms with Crippen molar-refractivity contribution in [2.24, 2.45) is 0 Å². The normalized spacial score (nSPS) is 10.6. The van der Waals surface area contributed by atoms with Gasteiger partial charge in [-0.2, -0.15) is 0 Å². The average Bonchev–Trinajstić information content (AvgIpc) is 2.95. The topological polar surface area (TPSA) is 73.0 Å². The third-order valence-corrected chi connectivity index (χ3v) is 2.97. The summed E-state index contributed by atoms with van der Waals surface area (Å²) < 4.78 is 28.6. The molecule has 0 radical (unpaired) electrons. The molecule has 0 atom stereocenters. The number of halogens is 2. The molecule has 2 aromatic rings. The van der Waals surface area contributed by atoms with Gasteiger partial charge < -0.3 is 9.88 Å². The third-order valence-electron chi connectivity index (χ3n) is 2.97. The van der Waals surface area contributed by atoms with Crippen molar-refractivity contribution in [2.45, 2.75) is 19.4 Å². The standard InChI is InChI=1S/C13H14F2N4O2/c14-10-3-4-11(19(20)21)13(12(10)15)17-5-1-2-7-18-8-6-16-9-18/h3-4,6,8-9,17H,1-2,5,7H2. The second-order valence-corrected chi connectivity index (χ2v) is 4.45. The molecule has 21 heavy (non-hydrogen) atoms. The van der Waals surface area contributed by atoms with Crippen LogP contribution in [0.25, 0.3) is 0 Å². The van der Waals surface area contributed by atoms with E-state index in [2.05, 4.69) is 10.3 Å². The largest absolute Gasteiger partial charge is 0.377 e. The van der Waals surface area contributed by atoms with Gasteiger partial charge in [-0.05, 0) is 18.9 Å². The lowest BCUT2D eigenvalue weighted by atomic mass is 10.2. The van der Waals surface area contributed by atoms with Gasteiger partial charge in [-0.25, -0.2) is 13.8 Å². The summed E-state index contributed by atoms with van der Waals surface area (Å²) in [6, 6.07) is 1.70. The van der Waals surface area contributed by atoms with Crippen LogP contribution in [0.15, 0.2) is 30.9 Å². The molecule has 8 heteroatoms. The van der Waals surface area contributed by atoms with Gasteiger partial charge in [0.2, 0.25) is 0 Å². The number of rotatable bonds is 7. The lowest BCUT2D eigenvalue weighted by Crippen LogP contribution is -2.08. The Balaban J connectivity index is 1.90. The molecular weight excluding hydrogens is 282 g/mol. The Morgan fingerprint density at radius 2 is 2.14 bits per heavy atom. The quantitative estimate of drug-likeness (QED) is 0.484. The molecule has 1 N–H and O–H groups in total. The number of anilines is 1. The maximum Gasteiger partial charge on any atom is 0.295 e. The minimum atomic E-state index is -1.22. The molecule has 0 unspecified atom stereocenters. The summed E-state index contributed by atoms with van der Waals surface area (Å²) in [5.74, 6) is -2.33. The van der Waals surface area contributed by atoms with E-state index < -0.39 is 27.9 Å². The van der Waals surface area contributed by atoms with Gasteiger partial charge in [-0.1, -0.05) is 0 Å². The SMILES string of the molecule is O=[N+]([O-])c1ccc(F)c(F)c1NCCCCn1ccnc1. The van der Waals surface area contributed by atoms with Crippen LogP contribution in [-0.2, 0) is 6.54 Å². The van der Waals surface area contributed by atoms with E-state index in [0.717, 1.165) is 25.1 Å². The van der Waals surface area contributed by atoms with Gasteiger partial charge in [-0.15, -0.1) is 0 Å². The summed E-state index contributed by atoms with van der Waals surface area (Å²) in [7, 11) is 0. The first kappa shape index (κ1) is 14.9. The maximum absolute atomic E-state index is 13.6. The number of aromatic nitrogens is 2. The molecular formula is C13H14F2N4O2. The molecule has 6 nitrogen and oxygen atoms in total. The first-order valence-corrected chi connectivity index (χ1v) is 6.41. The first-order valence-electron chi connectivity index (χ1n) is 6.41. The fourth-order valence-electron chi connectivity index (χ4n) is 1.91. The van der Waals surface area contributed by atoms with Crippen LogP contribution in [0.3, 0.4) is 0 Å². The van der Waals surface area contributed by atoms with Crippen molar-refractivity contribution in [2.75, 3.05) is 11.9 Å². The number of hydrogen-bond donors (Lipinski definition) is 1. The third kappa shape index (κ3) is 3.74. The maximum atomic E-state index is 13.6. The van der Waals surface area contributed by atoms with E-state index in [0.29, 0.717) is 13.0 Å². The minimum Gasteiger partial charge on any atom is -0.377 e. The zero-order valence-corrected chi connectivity index (χ0v) is 11.1. The molecule has 2 rings (SSSR count). The Morgan fingerprint density at radius 1 is 1.33 bits per heavy atom. The number of imidazole rings is 1. The van der Waals surface area contributed by atoms with Crippen LogP contribution in [0.4, 0.5) is 20.2 Å². The summed E-state index contributed by atoms with van der Waals surface area (Å²) in [4.78, 5) is 14.0. The summed E-state index contributed by atoms with van der Waals surface area (Å²) in [5.41, 5.74) is -0.869. The van der Waals surface area contributed by atoms with Crippen LogP contribution in [0.1, 0.15) is 12.8 Å². The molecule has 0 spiro atoms. The molecule has 0 saturated carbocycles. The van der Waals surface area contributed by atoms with E-state index in [-0.39, 0.29) is 0 Å². The van der Waals surface area contributed by atoms with Gasteiger partial charge in [0.05, 0.1) is 11.3 Å². The highest BCUT2D eigenvalue weighted by atomic mass is 19.2. The van der Waals surface area contributed by atoms with Crippen molar-refractivity contribution < 1.29 is 13.7 Å². The Bertz CT molecular complexity index is 617. The lowest BCUT2D eigenvalue weighted by Gasteiger charge is -2.08. The summed E-state index contributed by atoms with van der Waals surface area (Å²) in [6.07, 6.45) is 6.62. The van der Waals surface area contributed by atoms with Crippen LogP contribution in [0.5, 0.6) is 0 Å². The summed E-state index contributed by atoms with van der Waals surface area (Å²) in [5, 5.41) is 13.4. The average molecular weight is 296 g/mol. The second-order valence-electron chi connectivity index (χ2n) is 4.45. The molecule has 0 aliphatic rings. The van der Waals surface area contributed by atoms with E-state index in [1.165, 1.54) is 0 Å².